The van der Waals surface area contributed by atoms with Crippen molar-refractivity contribution in [3.63, 3.8) is 0 Å². The van der Waals surface area contributed by atoms with Crippen LogP contribution in [0.5, 0.6) is 0 Å². The number of nitrogens with zero attached hydrogens (tertiary/aromatic N) is 3. The largest absolute Gasteiger partial charge is 0.337 e. The summed E-state index contributed by atoms with van der Waals surface area (Å²) in [5.74, 6) is 0.0379. The lowest BCUT2D eigenvalue weighted by atomic mass is 9.88. The summed E-state index contributed by atoms with van der Waals surface area (Å²) in [6, 6.07) is 13.9. The molecule has 0 N–H and O–H groups in total. The molecule has 0 radical (unpaired) electrons. The fourth-order valence-electron chi connectivity index (χ4n) is 3.86. The van der Waals surface area contributed by atoms with Crippen LogP contribution in [0.4, 0.5) is 0 Å². The highest BCUT2D eigenvalue weighted by Gasteiger charge is 2.33. The molecule has 136 valence electrons. The molecule has 0 aliphatic heterocycles. The Bertz CT molecular complexity index is 764. The van der Waals surface area contributed by atoms with Crippen molar-refractivity contribution in [1.29, 1.82) is 5.26 Å². The first-order chi connectivity index (χ1) is 12.6. The number of benzene rings is 1. The quantitative estimate of drug-likeness (QED) is 0.798. The van der Waals surface area contributed by atoms with E-state index < -0.39 is 0 Å². The molecule has 0 unspecified atom stereocenters. The lowest BCUT2D eigenvalue weighted by molar-refractivity contribution is 0.0488. The van der Waals surface area contributed by atoms with Crippen LogP contribution in [0.1, 0.15) is 46.5 Å². The van der Waals surface area contributed by atoms with Crippen molar-refractivity contribution in [3.8, 4) is 6.07 Å². The normalized spacial score (nSPS) is 19.9. The molecule has 4 nitrogen and oxygen atoms in total. The molecule has 1 aliphatic rings. The fourth-order valence-corrected chi connectivity index (χ4v) is 4.63. The Kier molecular flexibility index (Phi) is 6.08. The van der Waals surface area contributed by atoms with Gasteiger partial charge < -0.3 is 4.90 Å². The Morgan fingerprint density at radius 3 is 2.46 bits per heavy atom. The zero-order chi connectivity index (χ0) is 18.5. The Morgan fingerprint density at radius 2 is 1.85 bits per heavy atom. The zero-order valence-corrected chi connectivity index (χ0v) is 16.2. The molecular formula is C21H25N3OS. The highest BCUT2D eigenvalue weighted by molar-refractivity contribution is 7.09. The van der Waals surface area contributed by atoms with E-state index in [2.05, 4.69) is 35.5 Å². The van der Waals surface area contributed by atoms with E-state index in [4.69, 9.17) is 5.26 Å². The minimum Gasteiger partial charge on any atom is -0.337 e. The molecule has 1 aromatic carbocycles. The number of hydrogen-bond acceptors (Lipinski definition) is 4. The van der Waals surface area contributed by atoms with Gasteiger partial charge in [-0.1, -0.05) is 18.9 Å². The van der Waals surface area contributed by atoms with Crippen molar-refractivity contribution in [2.24, 2.45) is 0 Å². The summed E-state index contributed by atoms with van der Waals surface area (Å²) < 4.78 is 0. The second kappa shape index (κ2) is 8.48. The van der Waals surface area contributed by atoms with E-state index in [1.54, 1.807) is 35.6 Å². The van der Waals surface area contributed by atoms with Gasteiger partial charge in [-0.15, -0.1) is 11.3 Å². The van der Waals surface area contributed by atoms with Gasteiger partial charge in [0.15, 0.2) is 0 Å². The van der Waals surface area contributed by atoms with Gasteiger partial charge >= 0.3 is 0 Å². The molecular weight excluding hydrogens is 342 g/mol. The van der Waals surface area contributed by atoms with Crippen LogP contribution in [0.2, 0.25) is 0 Å². The van der Waals surface area contributed by atoms with Gasteiger partial charge in [0.2, 0.25) is 0 Å². The van der Waals surface area contributed by atoms with Gasteiger partial charge in [-0.05, 0) is 55.6 Å². The van der Waals surface area contributed by atoms with Crippen molar-refractivity contribution in [2.45, 2.75) is 44.3 Å². The van der Waals surface area contributed by atoms with E-state index in [0.717, 1.165) is 19.4 Å². The standard InChI is InChI=1S/C21H25N3OS/c1-23(15-18-6-5-13-26-18)19-7-3-4-8-20(19)24(2)21(25)17-11-9-16(14-22)10-12-17/h5-6,9-13,19-20H,3-4,7-8,15H2,1-2H3/t19-,20-/m1/s1. The Hall–Kier alpha value is -2.16. The molecule has 1 saturated carbocycles. The van der Waals surface area contributed by atoms with E-state index in [1.165, 1.54) is 17.7 Å². The maximum atomic E-state index is 13.0. The van der Waals surface area contributed by atoms with Crippen molar-refractivity contribution < 1.29 is 4.79 Å². The third kappa shape index (κ3) is 4.14. The molecule has 3 rings (SSSR count). The first kappa shape index (κ1) is 18.6. The number of thiophene rings is 1. The third-order valence-electron chi connectivity index (χ3n) is 5.32. The molecule has 1 heterocycles. The molecule has 2 atom stereocenters. The summed E-state index contributed by atoms with van der Waals surface area (Å²) in [5.41, 5.74) is 1.23. The van der Waals surface area contributed by atoms with Crippen LogP contribution in [0.25, 0.3) is 0 Å². The molecule has 1 aromatic heterocycles. The molecule has 2 aromatic rings. The van der Waals surface area contributed by atoms with Gasteiger partial charge in [0.25, 0.3) is 5.91 Å². The average molecular weight is 368 g/mol. The van der Waals surface area contributed by atoms with E-state index >= 15 is 0 Å². The van der Waals surface area contributed by atoms with Gasteiger partial charge in [0.1, 0.15) is 0 Å². The Morgan fingerprint density at radius 1 is 1.15 bits per heavy atom. The second-order valence-electron chi connectivity index (χ2n) is 7.02. The summed E-state index contributed by atoms with van der Waals surface area (Å²) in [7, 11) is 4.09. The SMILES string of the molecule is CN(Cc1cccs1)[C@@H]1CCCC[C@H]1N(C)C(=O)c1ccc(C#N)cc1. The molecule has 1 fully saturated rings. The summed E-state index contributed by atoms with van der Waals surface area (Å²) >= 11 is 1.78. The van der Waals surface area contributed by atoms with Crippen LogP contribution in [0.15, 0.2) is 41.8 Å². The molecule has 1 aliphatic carbocycles. The summed E-state index contributed by atoms with van der Waals surface area (Å²) in [6.07, 6.45) is 4.54. The van der Waals surface area contributed by atoms with Crippen LogP contribution in [0.3, 0.4) is 0 Å². The monoisotopic (exact) mass is 367 g/mol. The number of nitriles is 1. The van der Waals surface area contributed by atoms with Gasteiger partial charge in [-0.3, -0.25) is 9.69 Å². The summed E-state index contributed by atoms with van der Waals surface area (Å²) in [5, 5.41) is 11.0. The van der Waals surface area contributed by atoms with Gasteiger partial charge in [-0.25, -0.2) is 0 Å². The molecule has 0 saturated heterocycles. The van der Waals surface area contributed by atoms with Gasteiger partial charge in [0, 0.05) is 36.1 Å². The Balaban J connectivity index is 1.73. The predicted octanol–water partition coefficient (Wildman–Crippen LogP) is 4.13. The van der Waals surface area contributed by atoms with E-state index in [1.807, 2.05) is 11.9 Å². The third-order valence-corrected chi connectivity index (χ3v) is 6.19. The van der Waals surface area contributed by atoms with E-state index in [0.29, 0.717) is 17.2 Å². The first-order valence-corrected chi connectivity index (χ1v) is 9.98. The minimum atomic E-state index is 0.0379. The smallest absolute Gasteiger partial charge is 0.253 e. The van der Waals surface area contributed by atoms with Gasteiger partial charge in [-0.2, -0.15) is 5.26 Å². The number of hydrogen-bond donors (Lipinski definition) is 0. The lowest BCUT2D eigenvalue weighted by Gasteiger charge is -2.42. The maximum absolute atomic E-state index is 13.0. The van der Waals surface area contributed by atoms with Crippen molar-refractivity contribution in [2.75, 3.05) is 14.1 Å². The number of carbonyl (C=O) groups is 1. The van der Waals surface area contributed by atoms with Crippen LogP contribution < -0.4 is 0 Å². The number of likely N-dealkylation sites (N-methyl/N-ethyl adjacent to an activating group) is 2. The van der Waals surface area contributed by atoms with Crippen LogP contribution in [-0.2, 0) is 6.54 Å². The van der Waals surface area contributed by atoms with Crippen molar-refractivity contribution in [3.05, 3.63) is 57.8 Å². The fraction of sp³-hybridized carbons (Fsp3) is 0.429. The lowest BCUT2D eigenvalue weighted by Crippen LogP contribution is -2.52. The predicted molar refractivity (Wildman–Crippen MR) is 105 cm³/mol. The van der Waals surface area contributed by atoms with Crippen molar-refractivity contribution in [1.82, 2.24) is 9.80 Å². The minimum absolute atomic E-state index is 0.0379. The number of carbonyl (C=O) groups excluding carboxylic acids is 1. The number of rotatable bonds is 5. The molecule has 5 heteroatoms. The number of amides is 1. The molecule has 0 bridgehead atoms. The maximum Gasteiger partial charge on any atom is 0.253 e. The first-order valence-electron chi connectivity index (χ1n) is 9.10. The molecule has 0 spiro atoms. The highest BCUT2D eigenvalue weighted by atomic mass is 32.1. The van der Waals surface area contributed by atoms with E-state index in [-0.39, 0.29) is 11.9 Å². The van der Waals surface area contributed by atoms with Crippen LogP contribution >= 0.6 is 11.3 Å². The van der Waals surface area contributed by atoms with Crippen LogP contribution in [0, 0.1) is 11.3 Å². The van der Waals surface area contributed by atoms with Crippen molar-refractivity contribution >= 4 is 17.2 Å². The highest BCUT2D eigenvalue weighted by Crippen LogP contribution is 2.28. The summed E-state index contributed by atoms with van der Waals surface area (Å²) in [6.45, 7) is 0.928. The van der Waals surface area contributed by atoms with Crippen LogP contribution in [-0.4, -0.2) is 41.9 Å². The van der Waals surface area contributed by atoms with Gasteiger partial charge in [0.05, 0.1) is 11.6 Å². The zero-order valence-electron chi connectivity index (χ0n) is 15.4. The molecule has 26 heavy (non-hydrogen) atoms. The topological polar surface area (TPSA) is 47.3 Å². The second-order valence-corrected chi connectivity index (χ2v) is 8.05. The average Bonchev–Trinajstić information content (AvgIpc) is 3.20. The van der Waals surface area contributed by atoms with E-state index in [9.17, 15) is 4.79 Å². The summed E-state index contributed by atoms with van der Waals surface area (Å²) in [4.78, 5) is 18.6. The Labute approximate surface area is 159 Å². The molecule has 1 amide bonds.